The fraction of sp³-hybridized carbons (Fsp3) is 0.263. The molecule has 8 nitrogen and oxygen atoms in total. The molecule has 1 aromatic heterocycles. The van der Waals surface area contributed by atoms with Gasteiger partial charge in [-0.25, -0.2) is 9.78 Å². The van der Waals surface area contributed by atoms with Crippen molar-refractivity contribution < 1.29 is 23.8 Å². The summed E-state index contributed by atoms with van der Waals surface area (Å²) >= 11 is 1.53. The topological polar surface area (TPSA) is 106 Å². The lowest BCUT2D eigenvalue weighted by Crippen LogP contribution is -2.38. The molecule has 1 aliphatic heterocycles. The molecule has 5 aromatic rings. The van der Waals surface area contributed by atoms with Gasteiger partial charge in [-0.3, -0.25) is 0 Å². The lowest BCUT2D eigenvalue weighted by atomic mass is 9.91. The van der Waals surface area contributed by atoms with Crippen molar-refractivity contribution in [1.29, 1.82) is 0 Å². The standard InChI is InChI=1S/C38H39N3O5S/c1-3-39-37(43)40-22-26-14-20-31(21-15-26)36-44-32(25(2)34(45-36)30-18-16-27(23-42)17-19-30)24-47-38-41-33(28-10-6-4-7-11-28)35(46-38)29-12-8-5-9-13-29/h4-21,25,32,34,36,42H,3,22-24H2,1-2H3,(H2,39,40,43)/t25-,32+,34+,36+/m0/s1. The monoisotopic (exact) mass is 649 g/mol. The number of nitrogens with zero attached hydrogens (tertiary/aromatic N) is 1. The fourth-order valence-corrected chi connectivity index (χ4v) is 6.59. The SMILES string of the molecule is CCNC(=O)NCc1ccc([C@@H]2O[C@H](CSc3nc(-c4ccccc4)c(-c4ccccc4)o3)[C@H](C)[C@H](c3ccc(CO)cc3)O2)cc1. The van der Waals surface area contributed by atoms with Crippen molar-refractivity contribution >= 4 is 17.8 Å². The Hall–Kier alpha value is -4.41. The van der Waals surface area contributed by atoms with Crippen LogP contribution in [0.25, 0.3) is 22.6 Å². The average molecular weight is 650 g/mol. The Bertz CT molecular complexity index is 1670. The lowest BCUT2D eigenvalue weighted by Gasteiger charge is -2.41. The molecule has 0 bridgehead atoms. The first-order valence-electron chi connectivity index (χ1n) is 15.9. The summed E-state index contributed by atoms with van der Waals surface area (Å²) in [6, 6.07) is 35.7. The molecule has 1 fully saturated rings. The van der Waals surface area contributed by atoms with Gasteiger partial charge in [-0.1, -0.05) is 128 Å². The summed E-state index contributed by atoms with van der Waals surface area (Å²) in [5.74, 6) is 1.35. The van der Waals surface area contributed by atoms with Crippen molar-refractivity contribution in [3.05, 3.63) is 131 Å². The Morgan fingerprint density at radius 3 is 2.11 bits per heavy atom. The van der Waals surface area contributed by atoms with Gasteiger partial charge in [0.1, 0.15) is 5.69 Å². The minimum absolute atomic E-state index is 0.0106. The van der Waals surface area contributed by atoms with Gasteiger partial charge in [-0.05, 0) is 23.6 Å². The molecular weight excluding hydrogens is 611 g/mol. The van der Waals surface area contributed by atoms with Crippen molar-refractivity contribution in [3.63, 3.8) is 0 Å². The predicted molar refractivity (Wildman–Crippen MR) is 183 cm³/mol. The van der Waals surface area contributed by atoms with Gasteiger partial charge >= 0.3 is 6.03 Å². The second-order valence-corrected chi connectivity index (χ2v) is 12.4. The van der Waals surface area contributed by atoms with Crippen LogP contribution in [0.1, 0.15) is 48.5 Å². The number of benzene rings is 4. The molecule has 4 atom stereocenters. The van der Waals surface area contributed by atoms with Crippen molar-refractivity contribution in [3.8, 4) is 22.6 Å². The summed E-state index contributed by atoms with van der Waals surface area (Å²) in [7, 11) is 0. The minimum Gasteiger partial charge on any atom is -0.431 e. The van der Waals surface area contributed by atoms with E-state index in [0.29, 0.717) is 24.1 Å². The third kappa shape index (κ3) is 7.94. The molecule has 242 valence electrons. The maximum Gasteiger partial charge on any atom is 0.315 e. The molecule has 0 unspecified atom stereocenters. The Morgan fingerprint density at radius 1 is 0.809 bits per heavy atom. The van der Waals surface area contributed by atoms with Crippen LogP contribution in [0.5, 0.6) is 0 Å². The van der Waals surface area contributed by atoms with Crippen LogP contribution in [0.15, 0.2) is 119 Å². The first kappa shape index (κ1) is 32.5. The van der Waals surface area contributed by atoms with E-state index in [-0.39, 0.29) is 30.8 Å². The van der Waals surface area contributed by atoms with Crippen LogP contribution in [0.4, 0.5) is 4.79 Å². The summed E-state index contributed by atoms with van der Waals surface area (Å²) in [5.41, 5.74) is 6.50. The van der Waals surface area contributed by atoms with E-state index in [1.807, 2.05) is 116 Å². The van der Waals surface area contributed by atoms with E-state index in [1.165, 1.54) is 11.8 Å². The van der Waals surface area contributed by atoms with Crippen molar-refractivity contribution in [2.75, 3.05) is 12.3 Å². The van der Waals surface area contributed by atoms with Gasteiger partial charge in [0.15, 0.2) is 12.1 Å². The Kier molecular flexibility index (Phi) is 10.7. The summed E-state index contributed by atoms with van der Waals surface area (Å²) in [5, 5.41) is 15.8. The highest BCUT2D eigenvalue weighted by Crippen LogP contribution is 2.44. The molecule has 4 aromatic carbocycles. The number of aromatic nitrogens is 1. The van der Waals surface area contributed by atoms with E-state index in [9.17, 15) is 9.90 Å². The number of thioether (sulfide) groups is 1. The van der Waals surface area contributed by atoms with Gasteiger partial charge in [-0.2, -0.15) is 0 Å². The molecule has 0 saturated carbocycles. The van der Waals surface area contributed by atoms with E-state index in [2.05, 4.69) is 17.6 Å². The van der Waals surface area contributed by atoms with Crippen LogP contribution < -0.4 is 10.6 Å². The molecule has 0 radical (unpaired) electrons. The highest BCUT2D eigenvalue weighted by Gasteiger charge is 2.38. The van der Waals surface area contributed by atoms with Gasteiger partial charge in [0, 0.05) is 41.5 Å². The number of oxazole rings is 1. The first-order valence-corrected chi connectivity index (χ1v) is 16.9. The number of aliphatic hydroxyl groups excluding tert-OH is 1. The van der Waals surface area contributed by atoms with Crippen molar-refractivity contribution in [2.45, 2.75) is 50.7 Å². The second kappa shape index (κ2) is 15.5. The number of ether oxygens (including phenoxy) is 2. The van der Waals surface area contributed by atoms with Gasteiger partial charge in [0.25, 0.3) is 5.22 Å². The molecule has 0 aliphatic carbocycles. The van der Waals surface area contributed by atoms with Crippen LogP contribution in [0.2, 0.25) is 0 Å². The number of nitrogens with one attached hydrogen (secondary N) is 2. The van der Waals surface area contributed by atoms with Crippen LogP contribution in [0, 0.1) is 5.92 Å². The second-order valence-electron chi connectivity index (χ2n) is 11.5. The molecule has 0 spiro atoms. The van der Waals surface area contributed by atoms with Crippen LogP contribution in [0.3, 0.4) is 0 Å². The predicted octanol–water partition coefficient (Wildman–Crippen LogP) is 7.90. The van der Waals surface area contributed by atoms with E-state index in [4.69, 9.17) is 18.9 Å². The zero-order valence-corrected chi connectivity index (χ0v) is 27.3. The number of carbonyl (C=O) groups excluding carboxylic acids is 1. The quantitative estimate of drug-likeness (QED) is 0.125. The molecule has 1 aliphatic rings. The van der Waals surface area contributed by atoms with E-state index in [1.54, 1.807) is 0 Å². The fourth-order valence-electron chi connectivity index (χ4n) is 5.60. The number of hydrogen-bond acceptors (Lipinski definition) is 7. The number of amides is 2. The summed E-state index contributed by atoms with van der Waals surface area (Å²) in [4.78, 5) is 16.8. The van der Waals surface area contributed by atoms with Crippen molar-refractivity contribution in [1.82, 2.24) is 15.6 Å². The summed E-state index contributed by atoms with van der Waals surface area (Å²) < 4.78 is 19.7. The van der Waals surface area contributed by atoms with E-state index in [0.717, 1.165) is 44.8 Å². The van der Waals surface area contributed by atoms with Crippen molar-refractivity contribution in [2.24, 2.45) is 5.92 Å². The van der Waals surface area contributed by atoms with Gasteiger partial charge in [0.2, 0.25) is 0 Å². The molecule has 2 amide bonds. The molecule has 1 saturated heterocycles. The number of hydrogen-bond donors (Lipinski definition) is 3. The molecular formula is C38H39N3O5S. The summed E-state index contributed by atoms with van der Waals surface area (Å²) in [6.45, 7) is 5.00. The largest absolute Gasteiger partial charge is 0.431 e. The number of aliphatic hydroxyl groups is 1. The Morgan fingerprint density at radius 2 is 1.45 bits per heavy atom. The number of carbonyl (C=O) groups is 1. The van der Waals surface area contributed by atoms with Crippen LogP contribution in [-0.4, -0.2) is 34.5 Å². The molecule has 47 heavy (non-hydrogen) atoms. The molecule has 9 heteroatoms. The summed E-state index contributed by atoms with van der Waals surface area (Å²) in [6.07, 6.45) is -1.03. The zero-order chi connectivity index (χ0) is 32.6. The minimum atomic E-state index is -0.603. The number of urea groups is 1. The van der Waals surface area contributed by atoms with E-state index >= 15 is 0 Å². The van der Waals surface area contributed by atoms with Gasteiger partial charge in [0.05, 0.1) is 18.8 Å². The van der Waals surface area contributed by atoms with Gasteiger partial charge in [-0.15, -0.1) is 0 Å². The third-order valence-electron chi connectivity index (χ3n) is 8.23. The Balaban J connectivity index is 1.24. The average Bonchev–Trinajstić information content (AvgIpc) is 3.56. The van der Waals surface area contributed by atoms with Gasteiger partial charge < -0.3 is 29.6 Å². The molecule has 3 N–H and O–H groups in total. The van der Waals surface area contributed by atoms with Crippen LogP contribution in [-0.2, 0) is 22.6 Å². The maximum atomic E-state index is 11.8. The third-order valence-corrected chi connectivity index (χ3v) is 9.14. The molecule has 6 rings (SSSR count). The molecule has 2 heterocycles. The smallest absolute Gasteiger partial charge is 0.315 e. The maximum absolute atomic E-state index is 11.8. The normalized spacial score (nSPS) is 19.3. The zero-order valence-electron chi connectivity index (χ0n) is 26.5. The number of rotatable bonds is 11. The van der Waals surface area contributed by atoms with Crippen LogP contribution >= 0.6 is 11.8 Å². The highest BCUT2D eigenvalue weighted by atomic mass is 32.2. The lowest BCUT2D eigenvalue weighted by molar-refractivity contribution is -0.268. The first-order chi connectivity index (χ1) is 23.0. The Labute approximate surface area is 279 Å². The van der Waals surface area contributed by atoms with E-state index < -0.39 is 6.29 Å². The highest BCUT2D eigenvalue weighted by molar-refractivity contribution is 7.99.